The van der Waals surface area contributed by atoms with E-state index in [2.05, 4.69) is 9.80 Å². The molecule has 5 heteroatoms. The Bertz CT molecular complexity index is 769. The third kappa shape index (κ3) is 1.81. The summed E-state index contributed by atoms with van der Waals surface area (Å²) in [7, 11) is 0. The number of fused-ring (bicyclic) bond motifs is 3. The molecule has 4 unspecified atom stereocenters. The number of carbonyl (C=O) groups is 1. The molecular formula is C17H17ClN2OS. The second kappa shape index (κ2) is 4.70. The molecule has 0 saturated carbocycles. The molecule has 3 aliphatic rings. The van der Waals surface area contributed by atoms with Gasteiger partial charge in [0.1, 0.15) is 0 Å². The Morgan fingerprint density at radius 1 is 1.32 bits per heavy atom. The zero-order chi connectivity index (χ0) is 14.8. The van der Waals surface area contributed by atoms with Crippen LogP contribution in [0.2, 0.25) is 5.02 Å². The van der Waals surface area contributed by atoms with Gasteiger partial charge in [-0.05, 0) is 43.5 Å². The number of carbonyl (C=O) groups excluding carboxylic acids is 1. The lowest BCUT2D eigenvalue weighted by atomic mass is 9.93. The fraction of sp³-hybridized carbons (Fsp3) is 0.471. The minimum Gasteiger partial charge on any atom is -0.329 e. The molecule has 3 saturated heterocycles. The molecule has 22 heavy (non-hydrogen) atoms. The molecule has 1 aromatic heterocycles. The highest BCUT2D eigenvalue weighted by molar-refractivity contribution is 7.20. The summed E-state index contributed by atoms with van der Waals surface area (Å²) in [5, 5.41) is 1.74. The molecular weight excluding hydrogens is 316 g/mol. The van der Waals surface area contributed by atoms with Gasteiger partial charge in [-0.15, -0.1) is 11.3 Å². The quantitative estimate of drug-likeness (QED) is 0.798. The van der Waals surface area contributed by atoms with Crippen LogP contribution in [-0.2, 0) is 0 Å². The maximum atomic E-state index is 13.1. The molecule has 114 valence electrons. The van der Waals surface area contributed by atoms with Crippen molar-refractivity contribution in [3.8, 4) is 0 Å². The zero-order valence-electron chi connectivity index (χ0n) is 12.2. The van der Waals surface area contributed by atoms with Crippen molar-refractivity contribution in [2.45, 2.75) is 24.9 Å². The first-order valence-corrected chi connectivity index (χ1v) is 9.13. The normalized spacial score (nSPS) is 32.9. The van der Waals surface area contributed by atoms with E-state index in [9.17, 15) is 4.79 Å². The average molecular weight is 333 g/mol. The minimum atomic E-state index is 0.219. The second-order valence-corrected chi connectivity index (χ2v) is 8.23. The van der Waals surface area contributed by atoms with E-state index >= 15 is 0 Å². The van der Waals surface area contributed by atoms with Gasteiger partial charge in [0.15, 0.2) is 0 Å². The fourth-order valence-corrected chi connectivity index (χ4v) is 5.89. The number of amides is 1. The van der Waals surface area contributed by atoms with E-state index in [0.717, 1.165) is 33.1 Å². The first-order valence-electron chi connectivity index (χ1n) is 7.94. The number of nitrogens with zero attached hydrogens (tertiary/aromatic N) is 2. The number of halogens is 1. The van der Waals surface area contributed by atoms with Crippen molar-refractivity contribution in [3.63, 3.8) is 0 Å². The second-order valence-electron chi connectivity index (χ2n) is 6.74. The third-order valence-corrected chi connectivity index (χ3v) is 6.97. The van der Waals surface area contributed by atoms with Crippen molar-refractivity contribution in [3.05, 3.63) is 34.2 Å². The van der Waals surface area contributed by atoms with Gasteiger partial charge in [0.2, 0.25) is 0 Å². The van der Waals surface area contributed by atoms with Crippen LogP contribution in [0.15, 0.2) is 24.3 Å². The largest absolute Gasteiger partial charge is 0.329 e. The van der Waals surface area contributed by atoms with Gasteiger partial charge >= 0.3 is 0 Å². The van der Waals surface area contributed by atoms with E-state index in [-0.39, 0.29) is 5.91 Å². The molecule has 0 spiro atoms. The van der Waals surface area contributed by atoms with Crippen molar-refractivity contribution in [1.82, 2.24) is 9.80 Å². The van der Waals surface area contributed by atoms with E-state index in [1.165, 1.54) is 19.4 Å². The van der Waals surface area contributed by atoms with Gasteiger partial charge < -0.3 is 4.90 Å². The molecule has 3 fully saturated rings. The Balaban J connectivity index is 1.52. The first-order chi connectivity index (χ1) is 10.7. The number of thiophene rings is 1. The Morgan fingerprint density at radius 2 is 2.23 bits per heavy atom. The molecule has 4 heterocycles. The lowest BCUT2D eigenvalue weighted by Crippen LogP contribution is -2.58. The van der Waals surface area contributed by atoms with Crippen LogP contribution in [0, 0.1) is 5.92 Å². The topological polar surface area (TPSA) is 23.6 Å². The van der Waals surface area contributed by atoms with Crippen molar-refractivity contribution < 1.29 is 4.79 Å². The number of rotatable bonds is 1. The molecule has 4 atom stereocenters. The lowest BCUT2D eigenvalue weighted by Gasteiger charge is -2.44. The van der Waals surface area contributed by atoms with Crippen LogP contribution in [0.4, 0.5) is 0 Å². The predicted molar refractivity (Wildman–Crippen MR) is 89.7 cm³/mol. The zero-order valence-corrected chi connectivity index (χ0v) is 13.7. The maximum Gasteiger partial charge on any atom is 0.264 e. The molecule has 0 aliphatic carbocycles. The van der Waals surface area contributed by atoms with Crippen molar-refractivity contribution >= 4 is 38.9 Å². The smallest absolute Gasteiger partial charge is 0.264 e. The summed E-state index contributed by atoms with van der Waals surface area (Å²) in [5.41, 5.74) is 0. The van der Waals surface area contributed by atoms with Gasteiger partial charge in [0.05, 0.1) is 4.88 Å². The van der Waals surface area contributed by atoms with Gasteiger partial charge in [-0.25, -0.2) is 0 Å². The third-order valence-electron chi connectivity index (χ3n) is 5.55. The highest BCUT2D eigenvalue weighted by Gasteiger charge is 2.50. The Hall–Kier alpha value is -1.10. The standard InChI is InChI=1S/C17H17ClN2OS/c18-13-2-1-3-15-12(13)7-16(22-15)17(21)20-11-6-10-4-5-19(8-11)9-14(10)20/h1-3,7,10-11,14H,4-6,8-9H2. The van der Waals surface area contributed by atoms with Crippen LogP contribution < -0.4 is 0 Å². The Morgan fingerprint density at radius 3 is 3.09 bits per heavy atom. The maximum absolute atomic E-state index is 13.1. The summed E-state index contributed by atoms with van der Waals surface area (Å²) in [6.45, 7) is 3.35. The monoisotopic (exact) mass is 332 g/mol. The molecule has 1 aromatic carbocycles. The SMILES string of the molecule is O=C(c1cc2c(Cl)cccc2s1)N1C2CC3CCN(C2)CC31. The van der Waals surface area contributed by atoms with E-state index < -0.39 is 0 Å². The summed E-state index contributed by atoms with van der Waals surface area (Å²) >= 11 is 7.83. The average Bonchev–Trinajstić information content (AvgIpc) is 2.98. The van der Waals surface area contributed by atoms with Crippen LogP contribution >= 0.6 is 22.9 Å². The summed E-state index contributed by atoms with van der Waals surface area (Å²) in [6.07, 6.45) is 2.45. The van der Waals surface area contributed by atoms with Gasteiger partial charge in [-0.3, -0.25) is 9.69 Å². The van der Waals surface area contributed by atoms with Gasteiger partial charge in [-0.2, -0.15) is 0 Å². The first kappa shape index (κ1) is 13.3. The van der Waals surface area contributed by atoms with Crippen molar-refractivity contribution in [1.29, 1.82) is 0 Å². The lowest BCUT2D eigenvalue weighted by molar-refractivity contribution is 0.0265. The fourth-order valence-electron chi connectivity index (χ4n) is 4.57. The number of piperazine rings is 1. The molecule has 5 rings (SSSR count). The number of piperidine rings is 1. The van der Waals surface area contributed by atoms with Crippen LogP contribution in [0.3, 0.4) is 0 Å². The highest BCUT2D eigenvalue weighted by atomic mass is 35.5. The van der Waals surface area contributed by atoms with Crippen LogP contribution in [0.1, 0.15) is 22.5 Å². The van der Waals surface area contributed by atoms with Crippen molar-refractivity contribution in [2.24, 2.45) is 5.92 Å². The number of hydrogen-bond donors (Lipinski definition) is 0. The summed E-state index contributed by atoms with van der Waals surface area (Å²) in [5.74, 6) is 0.932. The predicted octanol–water partition coefficient (Wildman–Crippen LogP) is 3.47. The minimum absolute atomic E-state index is 0.219. The van der Waals surface area contributed by atoms with Crippen LogP contribution in [0.5, 0.6) is 0 Å². The summed E-state index contributed by atoms with van der Waals surface area (Å²) in [6, 6.07) is 8.71. The Kier molecular flexibility index (Phi) is 2.85. The van der Waals surface area contributed by atoms with E-state index in [1.54, 1.807) is 11.3 Å². The molecule has 3 bridgehead atoms. The summed E-state index contributed by atoms with van der Waals surface area (Å²) < 4.78 is 1.10. The molecule has 3 nitrogen and oxygen atoms in total. The van der Waals surface area contributed by atoms with Crippen molar-refractivity contribution in [2.75, 3.05) is 19.6 Å². The molecule has 0 radical (unpaired) electrons. The van der Waals surface area contributed by atoms with Crippen LogP contribution in [-0.4, -0.2) is 47.4 Å². The molecule has 3 aliphatic heterocycles. The van der Waals surface area contributed by atoms with E-state index in [0.29, 0.717) is 18.0 Å². The van der Waals surface area contributed by atoms with Gasteiger partial charge in [0.25, 0.3) is 5.91 Å². The molecule has 2 aromatic rings. The van der Waals surface area contributed by atoms with E-state index in [1.807, 2.05) is 24.3 Å². The van der Waals surface area contributed by atoms with Gasteiger partial charge in [-0.1, -0.05) is 17.7 Å². The molecule has 1 amide bonds. The van der Waals surface area contributed by atoms with Gasteiger partial charge in [0, 0.05) is 40.3 Å². The highest BCUT2D eigenvalue weighted by Crippen LogP contribution is 2.42. The summed E-state index contributed by atoms with van der Waals surface area (Å²) in [4.78, 5) is 18.7. The number of benzene rings is 1. The molecule has 0 N–H and O–H groups in total. The van der Waals surface area contributed by atoms with E-state index in [4.69, 9.17) is 11.6 Å². The number of hydrogen-bond acceptors (Lipinski definition) is 3. The Labute approximate surface area is 138 Å². The van der Waals surface area contributed by atoms with Crippen LogP contribution in [0.25, 0.3) is 10.1 Å².